The highest BCUT2D eigenvalue weighted by Crippen LogP contribution is 2.23. The van der Waals surface area contributed by atoms with Crippen molar-refractivity contribution in [1.29, 1.82) is 0 Å². The van der Waals surface area contributed by atoms with Gasteiger partial charge in [-0.15, -0.1) is 16.4 Å². The second-order valence-corrected chi connectivity index (χ2v) is 5.42. The molecule has 0 saturated heterocycles. The van der Waals surface area contributed by atoms with Crippen molar-refractivity contribution >= 4 is 22.9 Å². The predicted octanol–water partition coefficient (Wildman–Crippen LogP) is 2.40. The summed E-state index contributed by atoms with van der Waals surface area (Å²) in [6.07, 6.45) is 3.74. The van der Waals surface area contributed by atoms with E-state index in [2.05, 4.69) is 28.6 Å². The average Bonchev–Trinajstić information content (AvgIpc) is 2.87. The summed E-state index contributed by atoms with van der Waals surface area (Å²) in [5.41, 5.74) is 6.06. The van der Waals surface area contributed by atoms with E-state index in [0.717, 1.165) is 17.7 Å². The van der Waals surface area contributed by atoms with E-state index in [9.17, 15) is 0 Å². The van der Waals surface area contributed by atoms with Gasteiger partial charge in [0.2, 0.25) is 0 Å². The van der Waals surface area contributed by atoms with Crippen LogP contribution in [0.1, 0.15) is 27.6 Å². The van der Waals surface area contributed by atoms with Crippen LogP contribution in [-0.4, -0.2) is 9.59 Å². The molecule has 0 aliphatic carbocycles. The Kier molecular flexibility index (Phi) is 3.45. The second kappa shape index (κ2) is 4.83. The fourth-order valence-corrected chi connectivity index (χ4v) is 2.90. The van der Waals surface area contributed by atoms with Gasteiger partial charge in [-0.25, -0.2) is 0 Å². The zero-order chi connectivity index (χ0) is 10.7. The Morgan fingerprint density at radius 2 is 2.20 bits per heavy atom. The third kappa shape index (κ3) is 2.62. The molecule has 5 heteroatoms. The summed E-state index contributed by atoms with van der Waals surface area (Å²) in [6.45, 7) is 2.17. The fraction of sp³-hybridized carbons (Fsp3) is 0.400. The molecular formula is C10H13N3S2. The first kappa shape index (κ1) is 10.7. The highest BCUT2D eigenvalue weighted by Gasteiger charge is 2.10. The van der Waals surface area contributed by atoms with E-state index < -0.39 is 0 Å². The highest BCUT2D eigenvalue weighted by atomic mass is 32.1. The molecule has 2 aromatic rings. The van der Waals surface area contributed by atoms with E-state index in [1.54, 1.807) is 6.20 Å². The zero-order valence-electron chi connectivity index (χ0n) is 8.51. The molecule has 80 valence electrons. The lowest BCUT2D eigenvalue weighted by Crippen LogP contribution is -2.10. The molecule has 2 N–H and O–H groups in total. The summed E-state index contributed by atoms with van der Waals surface area (Å²) in [7, 11) is 0. The van der Waals surface area contributed by atoms with Crippen LogP contribution in [0, 0.1) is 0 Å². The maximum absolute atomic E-state index is 6.06. The molecule has 0 amide bonds. The van der Waals surface area contributed by atoms with Crippen molar-refractivity contribution in [3.8, 4) is 0 Å². The molecule has 2 rings (SSSR count). The minimum absolute atomic E-state index is 0.0355. The van der Waals surface area contributed by atoms with Crippen LogP contribution < -0.4 is 5.73 Å². The lowest BCUT2D eigenvalue weighted by Gasteiger charge is -2.05. The molecule has 3 nitrogen and oxygen atoms in total. The first-order chi connectivity index (χ1) is 7.29. The normalized spacial score (nSPS) is 12.9. The van der Waals surface area contributed by atoms with E-state index >= 15 is 0 Å². The van der Waals surface area contributed by atoms with Crippen molar-refractivity contribution in [1.82, 2.24) is 9.59 Å². The van der Waals surface area contributed by atoms with Gasteiger partial charge >= 0.3 is 0 Å². The van der Waals surface area contributed by atoms with E-state index in [1.807, 2.05) is 11.3 Å². The number of aryl methyl sites for hydroxylation is 1. The largest absolute Gasteiger partial charge is 0.323 e. The maximum atomic E-state index is 6.06. The summed E-state index contributed by atoms with van der Waals surface area (Å²) in [5.74, 6) is 0. The molecule has 2 aromatic heterocycles. The molecule has 1 unspecified atom stereocenters. The molecule has 2 heterocycles. The Hall–Kier alpha value is -0.780. The second-order valence-electron chi connectivity index (χ2n) is 3.35. The quantitative estimate of drug-likeness (QED) is 0.891. The molecule has 0 saturated carbocycles. The molecule has 0 radical (unpaired) electrons. The lowest BCUT2D eigenvalue weighted by molar-refractivity contribution is 0.743. The van der Waals surface area contributed by atoms with Gasteiger partial charge < -0.3 is 5.73 Å². The van der Waals surface area contributed by atoms with Gasteiger partial charge in [0, 0.05) is 22.2 Å². The standard InChI is InChI=1S/C10H13N3S2/c1-2-7-3-4-8(14-7)5-9(11)10-6-12-13-15-10/h3-4,6,9H,2,5,11H2,1H3. The monoisotopic (exact) mass is 239 g/mol. The van der Waals surface area contributed by atoms with Crippen LogP contribution in [0.4, 0.5) is 0 Å². The van der Waals surface area contributed by atoms with E-state index in [1.165, 1.54) is 21.3 Å². The minimum atomic E-state index is 0.0355. The molecule has 0 bridgehead atoms. The molecule has 0 spiro atoms. The summed E-state index contributed by atoms with van der Waals surface area (Å²) >= 11 is 3.22. The number of aromatic nitrogens is 2. The third-order valence-corrected chi connectivity index (χ3v) is 4.28. The predicted molar refractivity (Wildman–Crippen MR) is 64.2 cm³/mol. The molecule has 0 aromatic carbocycles. The summed E-state index contributed by atoms with van der Waals surface area (Å²) in [5, 5.41) is 3.80. The van der Waals surface area contributed by atoms with Gasteiger partial charge in [0.25, 0.3) is 0 Å². The molecule has 0 fully saturated rings. The van der Waals surface area contributed by atoms with E-state index in [0.29, 0.717) is 0 Å². The number of nitrogens with zero attached hydrogens (tertiary/aromatic N) is 2. The van der Waals surface area contributed by atoms with Gasteiger partial charge in [0.15, 0.2) is 0 Å². The SMILES string of the molecule is CCc1ccc(CC(N)c2cnns2)s1. The molecule has 1 atom stereocenters. The van der Waals surface area contributed by atoms with Crippen molar-refractivity contribution < 1.29 is 0 Å². The smallest absolute Gasteiger partial charge is 0.0669 e. The number of rotatable bonds is 4. The summed E-state index contributed by atoms with van der Waals surface area (Å²) in [6, 6.07) is 4.38. The number of hydrogen-bond donors (Lipinski definition) is 1. The lowest BCUT2D eigenvalue weighted by atomic mass is 10.2. The van der Waals surface area contributed by atoms with Crippen molar-refractivity contribution in [3.63, 3.8) is 0 Å². The first-order valence-corrected chi connectivity index (χ1v) is 6.49. The van der Waals surface area contributed by atoms with Crippen LogP contribution in [0.25, 0.3) is 0 Å². The Morgan fingerprint density at radius 3 is 2.80 bits per heavy atom. The topological polar surface area (TPSA) is 51.8 Å². The van der Waals surface area contributed by atoms with Gasteiger partial charge in [-0.2, -0.15) is 0 Å². The van der Waals surface area contributed by atoms with Gasteiger partial charge in [0.1, 0.15) is 0 Å². The third-order valence-electron chi connectivity index (χ3n) is 2.23. The van der Waals surface area contributed by atoms with Crippen LogP contribution in [0.15, 0.2) is 18.3 Å². The van der Waals surface area contributed by atoms with Gasteiger partial charge in [-0.3, -0.25) is 0 Å². The Bertz CT molecular complexity index is 408. The van der Waals surface area contributed by atoms with Crippen molar-refractivity contribution in [2.24, 2.45) is 5.73 Å². The highest BCUT2D eigenvalue weighted by molar-refractivity contribution is 7.12. The number of nitrogens with two attached hydrogens (primary N) is 1. The van der Waals surface area contributed by atoms with Crippen LogP contribution in [0.5, 0.6) is 0 Å². The van der Waals surface area contributed by atoms with Crippen LogP contribution in [-0.2, 0) is 12.8 Å². The summed E-state index contributed by atoms with van der Waals surface area (Å²) in [4.78, 5) is 3.81. The molecule has 0 aliphatic rings. The van der Waals surface area contributed by atoms with Crippen molar-refractivity contribution in [3.05, 3.63) is 33.0 Å². The Balaban J connectivity index is 2.02. The maximum Gasteiger partial charge on any atom is 0.0669 e. The molecule has 15 heavy (non-hydrogen) atoms. The Morgan fingerprint density at radius 1 is 1.40 bits per heavy atom. The van der Waals surface area contributed by atoms with Gasteiger partial charge in [-0.05, 0) is 30.1 Å². The zero-order valence-corrected chi connectivity index (χ0v) is 10.1. The summed E-state index contributed by atoms with van der Waals surface area (Å²) < 4.78 is 3.82. The minimum Gasteiger partial charge on any atom is -0.323 e. The van der Waals surface area contributed by atoms with Crippen LogP contribution >= 0.6 is 22.9 Å². The van der Waals surface area contributed by atoms with E-state index in [4.69, 9.17) is 5.73 Å². The fourth-order valence-electron chi connectivity index (χ4n) is 1.38. The van der Waals surface area contributed by atoms with E-state index in [-0.39, 0.29) is 6.04 Å². The van der Waals surface area contributed by atoms with Crippen molar-refractivity contribution in [2.45, 2.75) is 25.8 Å². The Labute approximate surface area is 97.1 Å². The van der Waals surface area contributed by atoms with Crippen molar-refractivity contribution in [2.75, 3.05) is 0 Å². The number of hydrogen-bond acceptors (Lipinski definition) is 5. The molecular weight excluding hydrogens is 226 g/mol. The molecule has 0 aliphatic heterocycles. The number of thiophene rings is 1. The van der Waals surface area contributed by atoms with Gasteiger partial charge in [0.05, 0.1) is 11.1 Å². The van der Waals surface area contributed by atoms with Crippen LogP contribution in [0.2, 0.25) is 0 Å². The average molecular weight is 239 g/mol. The van der Waals surface area contributed by atoms with Crippen LogP contribution in [0.3, 0.4) is 0 Å². The van der Waals surface area contributed by atoms with Gasteiger partial charge in [-0.1, -0.05) is 11.4 Å². The first-order valence-electron chi connectivity index (χ1n) is 4.90.